The molecule has 2 fully saturated rings. The van der Waals surface area contributed by atoms with Gasteiger partial charge in [-0.15, -0.1) is 0 Å². The second-order valence-electron chi connectivity index (χ2n) is 5.59. The monoisotopic (exact) mass is 231 g/mol. The van der Waals surface area contributed by atoms with Crippen molar-refractivity contribution < 1.29 is 4.74 Å². The highest BCUT2D eigenvalue weighted by Crippen LogP contribution is 2.60. The van der Waals surface area contributed by atoms with Gasteiger partial charge in [-0.2, -0.15) is 0 Å². The first kappa shape index (κ1) is 11.1. The second-order valence-corrected chi connectivity index (χ2v) is 5.59. The van der Waals surface area contributed by atoms with Crippen molar-refractivity contribution in [3.63, 3.8) is 0 Å². The van der Waals surface area contributed by atoms with E-state index in [9.17, 15) is 0 Å². The Hall–Kier alpha value is -1.02. The molecule has 1 aromatic carbocycles. The number of methoxy groups -OCH3 is 1. The number of hydrogen-bond acceptors (Lipinski definition) is 2. The summed E-state index contributed by atoms with van der Waals surface area (Å²) in [5.41, 5.74) is 2.05. The van der Waals surface area contributed by atoms with E-state index in [1.807, 2.05) is 12.1 Å². The first-order chi connectivity index (χ1) is 8.32. The Bertz CT molecular complexity index is 376. The van der Waals surface area contributed by atoms with Crippen LogP contribution < -0.4 is 10.1 Å². The van der Waals surface area contributed by atoms with Gasteiger partial charge in [0.25, 0.3) is 0 Å². The molecule has 0 heterocycles. The van der Waals surface area contributed by atoms with Crippen molar-refractivity contribution in [1.82, 2.24) is 5.32 Å². The van der Waals surface area contributed by atoms with Gasteiger partial charge in [-0.25, -0.2) is 0 Å². The Labute approximate surface area is 103 Å². The molecule has 0 aromatic heterocycles. The molecule has 92 valence electrons. The van der Waals surface area contributed by atoms with Crippen molar-refractivity contribution in [2.45, 2.75) is 32.2 Å². The normalized spacial score (nSPS) is 21.2. The van der Waals surface area contributed by atoms with Crippen LogP contribution in [0, 0.1) is 11.3 Å². The van der Waals surface area contributed by atoms with Crippen LogP contribution in [0.25, 0.3) is 0 Å². The van der Waals surface area contributed by atoms with E-state index >= 15 is 0 Å². The molecule has 1 aromatic rings. The third-order valence-electron chi connectivity index (χ3n) is 4.30. The van der Waals surface area contributed by atoms with Gasteiger partial charge in [-0.05, 0) is 54.7 Å². The van der Waals surface area contributed by atoms with Crippen molar-refractivity contribution in [3.8, 4) is 5.75 Å². The molecule has 0 spiro atoms. The van der Waals surface area contributed by atoms with Crippen LogP contribution in [-0.4, -0.2) is 13.7 Å². The number of rotatable bonds is 6. The molecule has 17 heavy (non-hydrogen) atoms. The smallest absolute Gasteiger partial charge is 0.118 e. The molecule has 3 rings (SSSR count). The molecule has 0 aliphatic heterocycles. The SMILES string of the molecule is COc1ccc(CNCC2(C3CC3)CC2)cc1. The third-order valence-corrected chi connectivity index (χ3v) is 4.30. The summed E-state index contributed by atoms with van der Waals surface area (Å²) in [6.07, 6.45) is 5.86. The lowest BCUT2D eigenvalue weighted by Crippen LogP contribution is -2.24. The second kappa shape index (κ2) is 4.34. The summed E-state index contributed by atoms with van der Waals surface area (Å²) < 4.78 is 5.16. The Morgan fingerprint density at radius 1 is 1.24 bits per heavy atom. The number of nitrogens with one attached hydrogen (secondary N) is 1. The van der Waals surface area contributed by atoms with Gasteiger partial charge in [-0.1, -0.05) is 12.1 Å². The van der Waals surface area contributed by atoms with Crippen LogP contribution in [0.15, 0.2) is 24.3 Å². The van der Waals surface area contributed by atoms with Crippen LogP contribution in [-0.2, 0) is 6.54 Å². The van der Waals surface area contributed by atoms with Crippen LogP contribution in [0.2, 0.25) is 0 Å². The van der Waals surface area contributed by atoms with E-state index in [2.05, 4.69) is 17.4 Å². The molecule has 2 nitrogen and oxygen atoms in total. The molecule has 0 unspecified atom stereocenters. The van der Waals surface area contributed by atoms with E-state index < -0.39 is 0 Å². The van der Waals surface area contributed by atoms with Gasteiger partial charge in [0.2, 0.25) is 0 Å². The maximum Gasteiger partial charge on any atom is 0.118 e. The van der Waals surface area contributed by atoms with Crippen LogP contribution in [0.3, 0.4) is 0 Å². The molecule has 2 aliphatic rings. The fourth-order valence-corrected chi connectivity index (χ4v) is 2.78. The van der Waals surface area contributed by atoms with E-state index in [4.69, 9.17) is 4.74 Å². The molecule has 0 saturated heterocycles. The molecular formula is C15H21NO. The van der Waals surface area contributed by atoms with Gasteiger partial charge in [-0.3, -0.25) is 0 Å². The van der Waals surface area contributed by atoms with E-state index in [1.165, 1.54) is 37.8 Å². The quantitative estimate of drug-likeness (QED) is 0.812. The lowest BCUT2D eigenvalue weighted by Gasteiger charge is -2.15. The summed E-state index contributed by atoms with van der Waals surface area (Å²) in [7, 11) is 1.71. The van der Waals surface area contributed by atoms with Crippen LogP contribution in [0.5, 0.6) is 5.75 Å². The predicted molar refractivity (Wildman–Crippen MR) is 69.1 cm³/mol. The van der Waals surface area contributed by atoms with Crippen molar-refractivity contribution in [2.75, 3.05) is 13.7 Å². The van der Waals surface area contributed by atoms with E-state index in [0.717, 1.165) is 18.2 Å². The molecular weight excluding hydrogens is 210 g/mol. The first-order valence-corrected chi connectivity index (χ1v) is 6.66. The number of hydrogen-bond donors (Lipinski definition) is 1. The minimum atomic E-state index is 0.701. The van der Waals surface area contributed by atoms with Crippen molar-refractivity contribution in [2.24, 2.45) is 11.3 Å². The summed E-state index contributed by atoms with van der Waals surface area (Å²) in [6, 6.07) is 8.35. The Morgan fingerprint density at radius 3 is 2.47 bits per heavy atom. The number of benzene rings is 1. The van der Waals surface area contributed by atoms with Gasteiger partial charge in [0.15, 0.2) is 0 Å². The highest BCUT2D eigenvalue weighted by Gasteiger charge is 2.53. The molecule has 2 aliphatic carbocycles. The molecule has 0 radical (unpaired) electrons. The summed E-state index contributed by atoms with van der Waals surface area (Å²) in [5.74, 6) is 1.98. The summed E-state index contributed by atoms with van der Waals surface area (Å²) in [4.78, 5) is 0. The fraction of sp³-hybridized carbons (Fsp3) is 0.600. The largest absolute Gasteiger partial charge is 0.497 e. The zero-order valence-electron chi connectivity index (χ0n) is 10.5. The minimum Gasteiger partial charge on any atom is -0.497 e. The topological polar surface area (TPSA) is 21.3 Å². The van der Waals surface area contributed by atoms with E-state index in [-0.39, 0.29) is 0 Å². The predicted octanol–water partition coefficient (Wildman–Crippen LogP) is 2.98. The van der Waals surface area contributed by atoms with Crippen LogP contribution in [0.4, 0.5) is 0 Å². The maximum atomic E-state index is 5.16. The average molecular weight is 231 g/mol. The Morgan fingerprint density at radius 2 is 1.94 bits per heavy atom. The summed E-state index contributed by atoms with van der Waals surface area (Å²) in [5, 5.41) is 3.62. The Kier molecular flexibility index (Phi) is 2.83. The van der Waals surface area contributed by atoms with Crippen molar-refractivity contribution >= 4 is 0 Å². The van der Waals surface area contributed by atoms with Gasteiger partial charge >= 0.3 is 0 Å². The summed E-state index contributed by atoms with van der Waals surface area (Å²) >= 11 is 0. The maximum absolute atomic E-state index is 5.16. The molecule has 0 amide bonds. The molecule has 1 N–H and O–H groups in total. The van der Waals surface area contributed by atoms with Crippen molar-refractivity contribution in [1.29, 1.82) is 0 Å². The van der Waals surface area contributed by atoms with Crippen LogP contribution in [0.1, 0.15) is 31.2 Å². The fourth-order valence-electron chi connectivity index (χ4n) is 2.78. The highest BCUT2D eigenvalue weighted by molar-refractivity contribution is 5.27. The average Bonchev–Trinajstić information content (AvgIpc) is 3.23. The lowest BCUT2D eigenvalue weighted by atomic mass is 10.0. The zero-order valence-corrected chi connectivity index (χ0v) is 10.5. The standard InChI is InChI=1S/C15H21NO/c1-17-14-6-2-12(3-7-14)10-16-11-15(8-9-15)13-4-5-13/h2-3,6-7,13,16H,4-5,8-11H2,1H3. The lowest BCUT2D eigenvalue weighted by molar-refractivity contribution is 0.403. The summed E-state index contributed by atoms with van der Waals surface area (Å²) in [6.45, 7) is 2.20. The molecule has 0 bridgehead atoms. The first-order valence-electron chi connectivity index (χ1n) is 6.66. The molecule has 2 heteroatoms. The third kappa shape index (κ3) is 2.47. The Balaban J connectivity index is 1.47. The van der Waals surface area contributed by atoms with Gasteiger partial charge in [0.1, 0.15) is 5.75 Å². The zero-order chi connectivity index (χ0) is 11.7. The molecule has 0 atom stereocenters. The van der Waals surface area contributed by atoms with Gasteiger partial charge in [0.05, 0.1) is 7.11 Å². The van der Waals surface area contributed by atoms with Crippen LogP contribution >= 0.6 is 0 Å². The van der Waals surface area contributed by atoms with Gasteiger partial charge < -0.3 is 10.1 Å². The minimum absolute atomic E-state index is 0.701. The molecule has 2 saturated carbocycles. The number of ether oxygens (including phenoxy) is 1. The van der Waals surface area contributed by atoms with Gasteiger partial charge in [0, 0.05) is 13.1 Å². The van der Waals surface area contributed by atoms with E-state index in [1.54, 1.807) is 7.11 Å². The van der Waals surface area contributed by atoms with E-state index in [0.29, 0.717) is 5.41 Å². The van der Waals surface area contributed by atoms with Crippen molar-refractivity contribution in [3.05, 3.63) is 29.8 Å². The highest BCUT2D eigenvalue weighted by atomic mass is 16.5.